The molecule has 1 atom stereocenters. The lowest BCUT2D eigenvalue weighted by Crippen LogP contribution is -2.52. The SMILES string of the molecule is C[C@H]1CCCCN1C(=O)CN1CCN(c2ccc3nncn3n2)CC1. The average Bonchev–Trinajstić information content (AvgIpc) is 3.10. The summed E-state index contributed by atoms with van der Waals surface area (Å²) in [6.07, 6.45) is 5.14. The molecule has 2 aromatic heterocycles. The van der Waals surface area contributed by atoms with Gasteiger partial charge in [0.2, 0.25) is 5.91 Å². The Bertz CT molecular complexity index is 737. The van der Waals surface area contributed by atoms with Gasteiger partial charge in [-0.15, -0.1) is 15.3 Å². The van der Waals surface area contributed by atoms with Gasteiger partial charge in [0.05, 0.1) is 6.54 Å². The topological polar surface area (TPSA) is 69.9 Å². The highest BCUT2D eigenvalue weighted by Gasteiger charge is 2.26. The van der Waals surface area contributed by atoms with Crippen LogP contribution in [0.15, 0.2) is 18.5 Å². The number of fused-ring (bicyclic) bond motifs is 1. The molecule has 0 aromatic carbocycles. The van der Waals surface area contributed by atoms with E-state index in [0.29, 0.717) is 12.6 Å². The van der Waals surface area contributed by atoms with Gasteiger partial charge in [0, 0.05) is 38.8 Å². The van der Waals surface area contributed by atoms with Crippen LogP contribution in [0.25, 0.3) is 5.65 Å². The van der Waals surface area contributed by atoms with Crippen LogP contribution in [-0.2, 0) is 4.79 Å². The zero-order chi connectivity index (χ0) is 17.2. The molecule has 8 nitrogen and oxygen atoms in total. The Labute approximate surface area is 147 Å². The van der Waals surface area contributed by atoms with E-state index < -0.39 is 0 Å². The fourth-order valence-electron chi connectivity index (χ4n) is 3.77. The van der Waals surface area contributed by atoms with E-state index in [1.165, 1.54) is 6.42 Å². The fourth-order valence-corrected chi connectivity index (χ4v) is 3.77. The molecule has 2 saturated heterocycles. The molecule has 1 amide bonds. The highest BCUT2D eigenvalue weighted by Crippen LogP contribution is 2.18. The summed E-state index contributed by atoms with van der Waals surface area (Å²) in [6.45, 7) is 7.15. The number of rotatable bonds is 3. The Morgan fingerprint density at radius 1 is 1.16 bits per heavy atom. The lowest BCUT2D eigenvalue weighted by Gasteiger charge is -2.38. The van der Waals surface area contributed by atoms with Crippen molar-refractivity contribution in [3.05, 3.63) is 18.5 Å². The monoisotopic (exact) mass is 343 g/mol. The van der Waals surface area contributed by atoms with Gasteiger partial charge in [-0.2, -0.15) is 4.52 Å². The van der Waals surface area contributed by atoms with Crippen molar-refractivity contribution in [1.29, 1.82) is 0 Å². The quantitative estimate of drug-likeness (QED) is 0.815. The molecule has 4 heterocycles. The van der Waals surface area contributed by atoms with Gasteiger partial charge in [-0.05, 0) is 38.3 Å². The number of hydrogen-bond acceptors (Lipinski definition) is 6. The van der Waals surface area contributed by atoms with Crippen LogP contribution in [0.4, 0.5) is 5.82 Å². The molecule has 2 aromatic rings. The van der Waals surface area contributed by atoms with Gasteiger partial charge in [0.25, 0.3) is 0 Å². The third kappa shape index (κ3) is 3.44. The van der Waals surface area contributed by atoms with E-state index in [4.69, 9.17) is 0 Å². The minimum atomic E-state index is 0.282. The van der Waals surface area contributed by atoms with E-state index in [9.17, 15) is 4.79 Å². The molecule has 0 radical (unpaired) electrons. The molecule has 0 aliphatic carbocycles. The zero-order valence-corrected chi connectivity index (χ0v) is 14.7. The molecule has 2 aliphatic rings. The summed E-state index contributed by atoms with van der Waals surface area (Å²) in [5.41, 5.74) is 0.753. The van der Waals surface area contributed by atoms with Crippen molar-refractivity contribution in [2.24, 2.45) is 0 Å². The third-order valence-electron chi connectivity index (χ3n) is 5.33. The van der Waals surface area contributed by atoms with E-state index >= 15 is 0 Å². The van der Waals surface area contributed by atoms with Gasteiger partial charge in [-0.25, -0.2) is 0 Å². The van der Waals surface area contributed by atoms with E-state index in [2.05, 4.69) is 36.9 Å². The van der Waals surface area contributed by atoms with E-state index in [0.717, 1.165) is 57.0 Å². The first-order chi connectivity index (χ1) is 12.2. The molecule has 2 fully saturated rings. The van der Waals surface area contributed by atoms with Crippen LogP contribution in [0.1, 0.15) is 26.2 Å². The summed E-state index contributed by atoms with van der Waals surface area (Å²) in [6, 6.07) is 4.31. The molecule has 0 spiro atoms. The van der Waals surface area contributed by atoms with Crippen molar-refractivity contribution in [3.63, 3.8) is 0 Å². The smallest absolute Gasteiger partial charge is 0.236 e. The molecular formula is C17H25N7O. The van der Waals surface area contributed by atoms with E-state index in [1.807, 2.05) is 12.1 Å². The van der Waals surface area contributed by atoms with Crippen LogP contribution < -0.4 is 4.90 Å². The maximum Gasteiger partial charge on any atom is 0.236 e. The molecule has 4 rings (SSSR count). The molecule has 2 aliphatic heterocycles. The predicted octanol–water partition coefficient (Wildman–Crippen LogP) is 0.647. The van der Waals surface area contributed by atoms with Gasteiger partial charge in [0.1, 0.15) is 12.1 Å². The number of piperidine rings is 1. The number of likely N-dealkylation sites (tertiary alicyclic amines) is 1. The zero-order valence-electron chi connectivity index (χ0n) is 14.7. The molecule has 8 heteroatoms. The first-order valence-electron chi connectivity index (χ1n) is 9.14. The van der Waals surface area contributed by atoms with Crippen LogP contribution in [0, 0.1) is 0 Å². The second-order valence-electron chi connectivity index (χ2n) is 7.02. The van der Waals surface area contributed by atoms with Crippen molar-refractivity contribution in [1.82, 2.24) is 29.6 Å². The Morgan fingerprint density at radius 3 is 2.80 bits per heavy atom. The first kappa shape index (κ1) is 16.3. The first-order valence-corrected chi connectivity index (χ1v) is 9.14. The lowest BCUT2D eigenvalue weighted by molar-refractivity contribution is -0.135. The normalized spacial score (nSPS) is 22.5. The number of nitrogens with zero attached hydrogens (tertiary/aromatic N) is 7. The number of anilines is 1. The number of carbonyl (C=O) groups excluding carboxylic acids is 1. The summed E-state index contributed by atoms with van der Waals surface area (Å²) < 4.78 is 1.70. The highest BCUT2D eigenvalue weighted by atomic mass is 16.2. The molecule has 134 valence electrons. The summed E-state index contributed by atoms with van der Waals surface area (Å²) in [5.74, 6) is 1.22. The van der Waals surface area contributed by atoms with Crippen molar-refractivity contribution in [3.8, 4) is 0 Å². The van der Waals surface area contributed by atoms with Crippen molar-refractivity contribution in [2.75, 3.05) is 44.2 Å². The minimum Gasteiger partial charge on any atom is -0.353 e. The standard InChI is InChI=1S/C17H25N7O/c1-14-4-2-3-7-23(14)17(25)12-21-8-10-22(11-9-21)16-6-5-15-19-18-13-24(15)20-16/h5-6,13-14H,2-4,7-12H2,1H3/t14-/m0/s1. The number of aromatic nitrogens is 4. The summed E-state index contributed by atoms with van der Waals surface area (Å²) in [4.78, 5) is 19.2. The van der Waals surface area contributed by atoms with E-state index in [-0.39, 0.29) is 5.91 Å². The molecular weight excluding hydrogens is 318 g/mol. The van der Waals surface area contributed by atoms with Gasteiger partial charge in [-0.1, -0.05) is 0 Å². The third-order valence-corrected chi connectivity index (χ3v) is 5.33. The number of amides is 1. The van der Waals surface area contributed by atoms with Gasteiger partial charge in [0.15, 0.2) is 5.65 Å². The number of hydrogen-bond donors (Lipinski definition) is 0. The maximum atomic E-state index is 12.6. The molecule has 0 bridgehead atoms. The minimum absolute atomic E-state index is 0.282. The molecule has 25 heavy (non-hydrogen) atoms. The second-order valence-corrected chi connectivity index (χ2v) is 7.02. The van der Waals surface area contributed by atoms with Crippen LogP contribution in [0.5, 0.6) is 0 Å². The van der Waals surface area contributed by atoms with Crippen molar-refractivity contribution in [2.45, 2.75) is 32.2 Å². The lowest BCUT2D eigenvalue weighted by atomic mass is 10.0. The number of piperazine rings is 1. The summed E-state index contributed by atoms with van der Waals surface area (Å²) in [7, 11) is 0. The Hall–Kier alpha value is -2.22. The van der Waals surface area contributed by atoms with Crippen LogP contribution >= 0.6 is 0 Å². The average molecular weight is 343 g/mol. The highest BCUT2D eigenvalue weighted by molar-refractivity contribution is 5.78. The van der Waals surface area contributed by atoms with Crippen LogP contribution in [-0.4, -0.2) is 80.8 Å². The molecule has 0 unspecified atom stereocenters. The van der Waals surface area contributed by atoms with Gasteiger partial charge in [-0.3, -0.25) is 9.69 Å². The van der Waals surface area contributed by atoms with E-state index in [1.54, 1.807) is 10.8 Å². The number of carbonyl (C=O) groups is 1. The Kier molecular flexibility index (Phi) is 4.52. The second kappa shape index (κ2) is 6.95. The Morgan fingerprint density at radius 2 is 2.00 bits per heavy atom. The van der Waals surface area contributed by atoms with Crippen LogP contribution in [0.3, 0.4) is 0 Å². The molecule has 0 saturated carbocycles. The van der Waals surface area contributed by atoms with Gasteiger partial charge < -0.3 is 9.80 Å². The molecule has 0 N–H and O–H groups in total. The summed E-state index contributed by atoms with van der Waals surface area (Å²) in [5, 5.41) is 12.4. The maximum absolute atomic E-state index is 12.6. The van der Waals surface area contributed by atoms with Crippen molar-refractivity contribution >= 4 is 17.4 Å². The largest absolute Gasteiger partial charge is 0.353 e. The van der Waals surface area contributed by atoms with Gasteiger partial charge >= 0.3 is 0 Å². The predicted molar refractivity (Wildman–Crippen MR) is 94.5 cm³/mol. The Balaban J connectivity index is 1.32. The van der Waals surface area contributed by atoms with Crippen LogP contribution in [0.2, 0.25) is 0 Å². The fraction of sp³-hybridized carbons (Fsp3) is 0.647. The summed E-state index contributed by atoms with van der Waals surface area (Å²) >= 11 is 0. The van der Waals surface area contributed by atoms with Crippen molar-refractivity contribution < 1.29 is 4.79 Å².